The van der Waals surface area contributed by atoms with Crippen molar-refractivity contribution in [2.24, 2.45) is 5.10 Å². The maximum Gasteiger partial charge on any atom is 0.311 e. The summed E-state index contributed by atoms with van der Waals surface area (Å²) in [5.41, 5.74) is 4.44. The Balaban J connectivity index is 1.79. The van der Waals surface area contributed by atoms with Crippen LogP contribution in [0.15, 0.2) is 35.4 Å². The van der Waals surface area contributed by atoms with Crippen LogP contribution in [0, 0.1) is 13.8 Å². The van der Waals surface area contributed by atoms with Gasteiger partial charge in [-0.15, -0.1) is 5.10 Å². The number of carbonyl (C=O) groups excluding carboxylic acids is 1. The molecule has 0 atom stereocenters. The number of hydrogen-bond acceptors (Lipinski definition) is 6. The van der Waals surface area contributed by atoms with Crippen LogP contribution in [0.2, 0.25) is 0 Å². The predicted molar refractivity (Wildman–Crippen MR) is 83.4 cm³/mol. The van der Waals surface area contributed by atoms with Crippen LogP contribution < -0.4 is 5.43 Å². The minimum atomic E-state index is -0.556. The van der Waals surface area contributed by atoms with E-state index in [9.17, 15) is 9.90 Å². The van der Waals surface area contributed by atoms with E-state index in [4.69, 9.17) is 0 Å². The van der Waals surface area contributed by atoms with Crippen molar-refractivity contribution in [1.82, 2.24) is 25.0 Å². The highest BCUT2D eigenvalue weighted by Crippen LogP contribution is 2.12. The van der Waals surface area contributed by atoms with E-state index in [0.717, 1.165) is 11.4 Å². The molecule has 2 N–H and O–H groups in total. The minimum absolute atomic E-state index is 0.0272. The van der Waals surface area contributed by atoms with Gasteiger partial charge in [-0.1, -0.05) is 12.1 Å². The number of para-hydroxylation sites is 1. The number of aryl methyl sites for hydroxylation is 2. The van der Waals surface area contributed by atoms with Crippen LogP contribution in [0.25, 0.3) is 5.78 Å². The topological polar surface area (TPSA) is 105 Å². The zero-order chi connectivity index (χ0) is 16.4. The lowest BCUT2D eigenvalue weighted by Crippen LogP contribution is -2.19. The predicted octanol–water partition coefficient (Wildman–Crippen LogP) is 1.21. The van der Waals surface area contributed by atoms with Crippen LogP contribution in [0.3, 0.4) is 0 Å². The molecule has 23 heavy (non-hydrogen) atoms. The number of phenols is 1. The van der Waals surface area contributed by atoms with Crippen molar-refractivity contribution in [3.8, 4) is 5.75 Å². The molecular formula is C15H14N6O2. The number of benzene rings is 1. The summed E-state index contributed by atoms with van der Waals surface area (Å²) in [6, 6.07) is 8.50. The first kappa shape index (κ1) is 14.6. The molecule has 8 heteroatoms. The molecule has 0 saturated carbocycles. The Kier molecular flexibility index (Phi) is 3.71. The minimum Gasteiger partial charge on any atom is -0.507 e. The first-order chi connectivity index (χ1) is 11.0. The average Bonchev–Trinajstić information content (AvgIpc) is 2.93. The zero-order valence-electron chi connectivity index (χ0n) is 12.6. The second-order valence-corrected chi connectivity index (χ2v) is 4.94. The van der Waals surface area contributed by atoms with Crippen LogP contribution in [-0.2, 0) is 0 Å². The third-order valence-corrected chi connectivity index (χ3v) is 3.13. The Bertz CT molecular complexity index is 915. The number of aromatic hydroxyl groups is 1. The van der Waals surface area contributed by atoms with Gasteiger partial charge in [0, 0.05) is 17.0 Å². The zero-order valence-corrected chi connectivity index (χ0v) is 12.6. The average molecular weight is 310 g/mol. The van der Waals surface area contributed by atoms with Crippen molar-refractivity contribution in [2.45, 2.75) is 13.8 Å². The van der Waals surface area contributed by atoms with Crippen molar-refractivity contribution in [1.29, 1.82) is 0 Å². The quantitative estimate of drug-likeness (QED) is 0.559. The maximum absolute atomic E-state index is 12.0. The fourth-order valence-corrected chi connectivity index (χ4v) is 2.07. The normalized spacial score (nSPS) is 11.2. The highest BCUT2D eigenvalue weighted by Gasteiger charge is 2.14. The summed E-state index contributed by atoms with van der Waals surface area (Å²) in [6.07, 6.45) is 1.34. The summed E-state index contributed by atoms with van der Waals surface area (Å²) in [7, 11) is 0. The standard InChI is InChI=1S/C15H14N6O2/c1-9-7-10(2)21-15(17-9)18-13(20-21)14(23)19-16-8-11-5-3-4-6-12(11)22/h3-8,22H,1-2H3,(H,19,23)/b16-8+. The van der Waals surface area contributed by atoms with Gasteiger partial charge in [0.1, 0.15) is 5.75 Å². The first-order valence-corrected chi connectivity index (χ1v) is 6.87. The number of amides is 1. The molecule has 0 fully saturated rings. The Morgan fingerprint density at radius 1 is 1.30 bits per heavy atom. The molecule has 0 radical (unpaired) electrons. The molecule has 1 aromatic carbocycles. The summed E-state index contributed by atoms with van der Waals surface area (Å²) in [5, 5.41) is 17.5. The number of hydrazone groups is 1. The first-order valence-electron chi connectivity index (χ1n) is 6.87. The molecule has 1 amide bonds. The fourth-order valence-electron chi connectivity index (χ4n) is 2.07. The number of phenolic OH excluding ortho intramolecular Hbond substituents is 1. The number of fused-ring (bicyclic) bond motifs is 1. The molecule has 2 aromatic heterocycles. The molecule has 3 aromatic rings. The molecule has 0 aliphatic carbocycles. The van der Waals surface area contributed by atoms with Crippen LogP contribution in [0.4, 0.5) is 0 Å². The van der Waals surface area contributed by atoms with Gasteiger partial charge in [0.05, 0.1) is 6.21 Å². The number of rotatable bonds is 3. The lowest BCUT2D eigenvalue weighted by atomic mass is 10.2. The lowest BCUT2D eigenvalue weighted by Gasteiger charge is -1.97. The van der Waals surface area contributed by atoms with E-state index in [1.54, 1.807) is 18.2 Å². The van der Waals surface area contributed by atoms with E-state index in [0.29, 0.717) is 11.3 Å². The third kappa shape index (κ3) is 3.00. The van der Waals surface area contributed by atoms with Crippen LogP contribution in [0.5, 0.6) is 5.75 Å². The van der Waals surface area contributed by atoms with Gasteiger partial charge in [-0.05, 0) is 32.0 Å². The van der Waals surface area contributed by atoms with Crippen molar-refractivity contribution in [3.05, 3.63) is 53.1 Å². The van der Waals surface area contributed by atoms with Gasteiger partial charge in [0.25, 0.3) is 5.78 Å². The molecule has 3 rings (SSSR count). The number of nitrogens with one attached hydrogen (secondary N) is 1. The SMILES string of the molecule is Cc1cc(C)n2nc(C(=O)N/N=C/c3ccccc3O)nc2n1. The number of carbonyl (C=O) groups is 1. The number of nitrogens with zero attached hydrogens (tertiary/aromatic N) is 5. The van der Waals surface area contributed by atoms with Crippen molar-refractivity contribution in [2.75, 3.05) is 0 Å². The molecule has 8 nitrogen and oxygen atoms in total. The lowest BCUT2D eigenvalue weighted by molar-refractivity contribution is 0.0945. The largest absolute Gasteiger partial charge is 0.507 e. The maximum atomic E-state index is 12.0. The van der Waals surface area contributed by atoms with Gasteiger partial charge in [-0.3, -0.25) is 4.79 Å². The van der Waals surface area contributed by atoms with Gasteiger partial charge in [-0.2, -0.15) is 10.1 Å². The van der Waals surface area contributed by atoms with Gasteiger partial charge in [0.2, 0.25) is 5.82 Å². The van der Waals surface area contributed by atoms with Crippen molar-refractivity contribution < 1.29 is 9.90 Å². The van der Waals surface area contributed by atoms with E-state index in [1.807, 2.05) is 19.9 Å². The van der Waals surface area contributed by atoms with Crippen molar-refractivity contribution in [3.63, 3.8) is 0 Å². The van der Waals surface area contributed by atoms with Gasteiger partial charge < -0.3 is 5.11 Å². The van der Waals surface area contributed by atoms with Gasteiger partial charge in [0.15, 0.2) is 0 Å². The van der Waals surface area contributed by atoms with Gasteiger partial charge >= 0.3 is 5.91 Å². The number of aromatic nitrogens is 4. The van der Waals surface area contributed by atoms with E-state index < -0.39 is 5.91 Å². The summed E-state index contributed by atoms with van der Waals surface area (Å²) >= 11 is 0. The second-order valence-electron chi connectivity index (χ2n) is 4.94. The van der Waals surface area contributed by atoms with Crippen LogP contribution in [-0.4, -0.2) is 36.8 Å². The van der Waals surface area contributed by atoms with Crippen LogP contribution >= 0.6 is 0 Å². The highest BCUT2D eigenvalue weighted by atomic mass is 16.3. The second kappa shape index (κ2) is 5.84. The van der Waals surface area contributed by atoms with E-state index in [2.05, 4.69) is 25.6 Å². The monoisotopic (exact) mass is 310 g/mol. The molecule has 116 valence electrons. The Labute approximate surface area is 131 Å². The summed E-state index contributed by atoms with van der Waals surface area (Å²) < 4.78 is 1.49. The third-order valence-electron chi connectivity index (χ3n) is 3.13. The Morgan fingerprint density at radius 3 is 2.87 bits per heavy atom. The molecule has 0 aliphatic rings. The molecule has 2 heterocycles. The molecule has 0 unspecified atom stereocenters. The molecule has 0 aliphatic heterocycles. The smallest absolute Gasteiger partial charge is 0.311 e. The Morgan fingerprint density at radius 2 is 2.09 bits per heavy atom. The highest BCUT2D eigenvalue weighted by molar-refractivity contribution is 5.92. The fraction of sp³-hybridized carbons (Fsp3) is 0.133. The van der Waals surface area contributed by atoms with E-state index in [-0.39, 0.29) is 11.6 Å². The Hall–Kier alpha value is -3.29. The summed E-state index contributed by atoms with van der Waals surface area (Å²) in [6.45, 7) is 3.70. The molecular weight excluding hydrogens is 296 g/mol. The van der Waals surface area contributed by atoms with E-state index in [1.165, 1.54) is 16.8 Å². The molecule has 0 spiro atoms. The van der Waals surface area contributed by atoms with Crippen LogP contribution in [0.1, 0.15) is 27.6 Å². The molecule has 0 saturated heterocycles. The molecule has 0 bridgehead atoms. The van der Waals surface area contributed by atoms with E-state index >= 15 is 0 Å². The summed E-state index contributed by atoms with van der Waals surface area (Å²) in [5.74, 6) is -0.149. The van der Waals surface area contributed by atoms with Gasteiger partial charge in [-0.25, -0.2) is 14.9 Å². The summed E-state index contributed by atoms with van der Waals surface area (Å²) in [4.78, 5) is 20.3. The number of hydrogen-bond donors (Lipinski definition) is 2. The van der Waals surface area contributed by atoms with Crippen molar-refractivity contribution >= 4 is 17.9 Å².